The Balaban J connectivity index is 1.67. The van der Waals surface area contributed by atoms with Crippen LogP contribution in [0.2, 0.25) is 0 Å². The summed E-state index contributed by atoms with van der Waals surface area (Å²) >= 11 is 1.77. The molecule has 0 bridgehead atoms. The van der Waals surface area contributed by atoms with Crippen LogP contribution < -0.4 is 5.32 Å². The van der Waals surface area contributed by atoms with E-state index in [9.17, 15) is 4.79 Å². The van der Waals surface area contributed by atoms with Gasteiger partial charge >= 0.3 is 0 Å². The van der Waals surface area contributed by atoms with Crippen molar-refractivity contribution in [3.05, 3.63) is 22.4 Å². The summed E-state index contributed by atoms with van der Waals surface area (Å²) in [5.41, 5.74) is 0.0616. The highest BCUT2D eigenvalue weighted by Gasteiger charge is 2.35. The van der Waals surface area contributed by atoms with Gasteiger partial charge in [-0.3, -0.25) is 9.69 Å². The number of piperazine rings is 1. The van der Waals surface area contributed by atoms with Gasteiger partial charge < -0.3 is 10.2 Å². The molecule has 0 spiro atoms. The lowest BCUT2D eigenvalue weighted by molar-refractivity contribution is -0.135. The first-order valence-corrected chi connectivity index (χ1v) is 8.74. The van der Waals surface area contributed by atoms with Gasteiger partial charge in [0.25, 0.3) is 0 Å². The van der Waals surface area contributed by atoms with Crippen LogP contribution in [0.1, 0.15) is 37.6 Å². The maximum Gasteiger partial charge on any atom is 0.237 e. The van der Waals surface area contributed by atoms with Crippen molar-refractivity contribution in [1.82, 2.24) is 15.1 Å². The molecule has 2 fully saturated rings. The molecule has 0 saturated carbocycles. The van der Waals surface area contributed by atoms with Gasteiger partial charge in [-0.2, -0.15) is 0 Å². The smallest absolute Gasteiger partial charge is 0.237 e. The topological polar surface area (TPSA) is 35.6 Å². The lowest BCUT2D eigenvalue weighted by Crippen LogP contribution is -2.60. The molecule has 1 N–H and O–H groups in total. The predicted octanol–water partition coefficient (Wildman–Crippen LogP) is 2.10. The molecule has 2 saturated heterocycles. The third-order valence-electron chi connectivity index (χ3n) is 4.74. The van der Waals surface area contributed by atoms with E-state index in [0.717, 1.165) is 39.0 Å². The van der Waals surface area contributed by atoms with Gasteiger partial charge in [0.1, 0.15) is 0 Å². The van der Waals surface area contributed by atoms with Crippen LogP contribution in [0.5, 0.6) is 0 Å². The average Bonchev–Trinajstić information content (AvgIpc) is 3.10. The number of rotatable bonds is 3. The summed E-state index contributed by atoms with van der Waals surface area (Å²) in [6.45, 7) is 8.78. The molecule has 0 aliphatic carbocycles. The molecule has 4 nitrogen and oxygen atoms in total. The van der Waals surface area contributed by atoms with Crippen LogP contribution >= 0.6 is 11.3 Å². The first kappa shape index (κ1) is 15.0. The molecular formula is C16H25N3OS. The van der Waals surface area contributed by atoms with E-state index in [-0.39, 0.29) is 5.54 Å². The molecule has 3 rings (SSSR count). The number of nitrogens with one attached hydrogen (secondary N) is 1. The van der Waals surface area contributed by atoms with Gasteiger partial charge in [0.05, 0.1) is 12.6 Å². The summed E-state index contributed by atoms with van der Waals surface area (Å²) in [5.74, 6) is 0.292. The fourth-order valence-corrected chi connectivity index (χ4v) is 4.29. The minimum atomic E-state index is 0.0616. The van der Waals surface area contributed by atoms with E-state index in [1.165, 1.54) is 4.88 Å². The molecule has 1 unspecified atom stereocenters. The Morgan fingerprint density at radius 3 is 3.05 bits per heavy atom. The SMILES string of the molecule is CC1(C)CNCCN1CC(=O)N1CCCC1c1cccs1. The number of hydrogen-bond acceptors (Lipinski definition) is 4. The van der Waals surface area contributed by atoms with Crippen LogP contribution in [0.15, 0.2) is 17.5 Å². The second kappa shape index (κ2) is 6.07. The summed E-state index contributed by atoms with van der Waals surface area (Å²) in [5, 5.41) is 5.52. The van der Waals surface area contributed by atoms with Crippen molar-refractivity contribution in [3.63, 3.8) is 0 Å². The summed E-state index contributed by atoms with van der Waals surface area (Å²) in [6.07, 6.45) is 2.23. The number of hydrogen-bond donors (Lipinski definition) is 1. The van der Waals surface area contributed by atoms with Crippen LogP contribution in [0.3, 0.4) is 0 Å². The Bertz CT molecular complexity index is 486. The van der Waals surface area contributed by atoms with Gasteiger partial charge in [0.15, 0.2) is 0 Å². The minimum Gasteiger partial charge on any atom is -0.334 e. The van der Waals surface area contributed by atoms with Gasteiger partial charge in [-0.1, -0.05) is 6.07 Å². The zero-order chi connectivity index (χ0) is 14.9. The fourth-order valence-electron chi connectivity index (χ4n) is 3.41. The molecule has 21 heavy (non-hydrogen) atoms. The maximum atomic E-state index is 12.8. The summed E-state index contributed by atoms with van der Waals surface area (Å²) in [4.78, 5) is 18.5. The van der Waals surface area contributed by atoms with Crippen molar-refractivity contribution in [2.75, 3.05) is 32.7 Å². The fraction of sp³-hybridized carbons (Fsp3) is 0.688. The summed E-state index contributed by atoms with van der Waals surface area (Å²) in [7, 11) is 0. The largest absolute Gasteiger partial charge is 0.334 e. The van der Waals surface area contributed by atoms with Crippen LogP contribution in [-0.2, 0) is 4.79 Å². The van der Waals surface area contributed by atoms with Crippen LogP contribution in [0, 0.1) is 0 Å². The third kappa shape index (κ3) is 3.15. The molecule has 2 aliphatic heterocycles. The second-order valence-corrected chi connectivity index (χ2v) is 7.65. The molecule has 1 amide bonds. The molecule has 0 radical (unpaired) electrons. The highest BCUT2D eigenvalue weighted by molar-refractivity contribution is 7.10. The Kier molecular flexibility index (Phi) is 4.33. The normalized spacial score (nSPS) is 26.2. The molecule has 2 aliphatic rings. The summed E-state index contributed by atoms with van der Waals surface area (Å²) in [6, 6.07) is 4.55. The second-order valence-electron chi connectivity index (χ2n) is 6.67. The van der Waals surface area contributed by atoms with Crippen LogP contribution in [0.4, 0.5) is 0 Å². The number of thiophene rings is 1. The van der Waals surface area contributed by atoms with Crippen molar-refractivity contribution >= 4 is 17.2 Å². The van der Waals surface area contributed by atoms with Gasteiger partial charge in [-0.25, -0.2) is 0 Å². The van der Waals surface area contributed by atoms with Gasteiger partial charge in [0.2, 0.25) is 5.91 Å². The number of nitrogens with zero attached hydrogens (tertiary/aromatic N) is 2. The third-order valence-corrected chi connectivity index (χ3v) is 5.72. The zero-order valence-electron chi connectivity index (χ0n) is 13.0. The van der Waals surface area contributed by atoms with E-state index in [4.69, 9.17) is 0 Å². The zero-order valence-corrected chi connectivity index (χ0v) is 13.8. The maximum absolute atomic E-state index is 12.8. The van der Waals surface area contributed by atoms with E-state index >= 15 is 0 Å². The van der Waals surface area contributed by atoms with Gasteiger partial charge in [0, 0.05) is 36.6 Å². The van der Waals surface area contributed by atoms with Crippen molar-refractivity contribution < 1.29 is 4.79 Å². The first-order valence-electron chi connectivity index (χ1n) is 7.86. The van der Waals surface area contributed by atoms with Crippen molar-refractivity contribution in [3.8, 4) is 0 Å². The Morgan fingerprint density at radius 2 is 2.33 bits per heavy atom. The van der Waals surface area contributed by atoms with E-state index in [1.54, 1.807) is 11.3 Å². The number of carbonyl (C=O) groups is 1. The molecule has 3 heterocycles. The number of carbonyl (C=O) groups excluding carboxylic acids is 1. The number of amides is 1. The molecule has 1 aromatic heterocycles. The Hall–Kier alpha value is -0.910. The van der Waals surface area contributed by atoms with Crippen molar-refractivity contribution in [2.24, 2.45) is 0 Å². The highest BCUT2D eigenvalue weighted by atomic mass is 32.1. The van der Waals surface area contributed by atoms with Gasteiger partial charge in [-0.15, -0.1) is 11.3 Å². The molecular weight excluding hydrogens is 282 g/mol. The molecule has 5 heteroatoms. The van der Waals surface area contributed by atoms with Crippen molar-refractivity contribution in [2.45, 2.75) is 38.3 Å². The highest BCUT2D eigenvalue weighted by Crippen LogP contribution is 2.34. The number of likely N-dealkylation sites (tertiary alicyclic amines) is 1. The van der Waals surface area contributed by atoms with Gasteiger partial charge in [-0.05, 0) is 38.1 Å². The first-order chi connectivity index (χ1) is 10.1. The van der Waals surface area contributed by atoms with Crippen LogP contribution in [0.25, 0.3) is 0 Å². The minimum absolute atomic E-state index is 0.0616. The average molecular weight is 307 g/mol. The lowest BCUT2D eigenvalue weighted by Gasteiger charge is -2.43. The van der Waals surface area contributed by atoms with Crippen LogP contribution in [-0.4, -0.2) is 54.0 Å². The predicted molar refractivity (Wildman–Crippen MR) is 86.5 cm³/mol. The molecule has 1 aromatic rings. The summed E-state index contributed by atoms with van der Waals surface area (Å²) < 4.78 is 0. The van der Waals surface area contributed by atoms with E-state index in [0.29, 0.717) is 18.5 Å². The monoisotopic (exact) mass is 307 g/mol. The van der Waals surface area contributed by atoms with E-state index < -0.39 is 0 Å². The quantitative estimate of drug-likeness (QED) is 0.929. The van der Waals surface area contributed by atoms with E-state index in [2.05, 4.69) is 46.5 Å². The standard InChI is InChI=1S/C16H25N3OS/c1-16(2)12-17-7-9-18(16)11-15(20)19-8-3-5-13(19)14-6-4-10-21-14/h4,6,10,13,17H,3,5,7-9,11-12H2,1-2H3. The Labute approximate surface area is 131 Å². The molecule has 1 atom stereocenters. The Morgan fingerprint density at radius 1 is 1.48 bits per heavy atom. The molecule has 116 valence electrons. The van der Waals surface area contributed by atoms with E-state index in [1.807, 2.05) is 0 Å². The lowest BCUT2D eigenvalue weighted by atomic mass is 10.00. The molecule has 0 aromatic carbocycles. The van der Waals surface area contributed by atoms with Crippen molar-refractivity contribution in [1.29, 1.82) is 0 Å².